The summed E-state index contributed by atoms with van der Waals surface area (Å²) in [7, 11) is 0. The van der Waals surface area contributed by atoms with Gasteiger partial charge in [-0.3, -0.25) is 10.0 Å². The van der Waals surface area contributed by atoms with Crippen molar-refractivity contribution in [2.45, 2.75) is 0 Å². The average Bonchev–Trinajstić information content (AvgIpc) is 2.49. The number of carbonyl (C=O) groups is 1. The van der Waals surface area contributed by atoms with Crippen molar-refractivity contribution in [2.24, 2.45) is 0 Å². The molecule has 0 aliphatic heterocycles. The van der Waals surface area contributed by atoms with Crippen molar-refractivity contribution < 1.29 is 14.7 Å². The molecule has 0 aliphatic rings. The third-order valence-electron chi connectivity index (χ3n) is 2.56. The van der Waals surface area contributed by atoms with E-state index in [-0.39, 0.29) is 0 Å². The van der Waals surface area contributed by atoms with Crippen molar-refractivity contribution in [1.29, 1.82) is 0 Å². The molecule has 0 bridgehead atoms. The molecule has 1 amide bonds. The number of rotatable bonds is 4. The number of amides is 1. The van der Waals surface area contributed by atoms with Crippen LogP contribution in [0.2, 0.25) is 10.0 Å². The van der Waals surface area contributed by atoms with Gasteiger partial charge in [0.15, 0.2) is 0 Å². The van der Waals surface area contributed by atoms with Crippen molar-refractivity contribution in [3.8, 4) is 11.5 Å². The van der Waals surface area contributed by atoms with Crippen LogP contribution < -0.4 is 10.2 Å². The Hall–Kier alpha value is -2.01. The fraction of sp³-hybridized carbons (Fsp3) is 0. The van der Waals surface area contributed by atoms with E-state index in [1.165, 1.54) is 17.6 Å². The first-order valence-corrected chi connectivity index (χ1v) is 6.70. The van der Waals surface area contributed by atoms with Crippen LogP contribution in [-0.2, 0) is 4.79 Å². The third kappa shape index (κ3) is 4.23. The maximum absolute atomic E-state index is 11.0. The van der Waals surface area contributed by atoms with Crippen molar-refractivity contribution in [3.05, 3.63) is 64.1 Å². The van der Waals surface area contributed by atoms with Crippen LogP contribution in [0, 0.1) is 0 Å². The van der Waals surface area contributed by atoms with E-state index in [4.69, 9.17) is 33.1 Å². The van der Waals surface area contributed by atoms with Crippen molar-refractivity contribution in [2.75, 3.05) is 0 Å². The predicted molar refractivity (Wildman–Crippen MR) is 81.9 cm³/mol. The summed E-state index contributed by atoms with van der Waals surface area (Å²) in [4.78, 5) is 11.0. The summed E-state index contributed by atoms with van der Waals surface area (Å²) in [6.07, 6.45) is 2.72. The summed E-state index contributed by atoms with van der Waals surface area (Å²) in [5.74, 6) is 0.439. The lowest BCUT2D eigenvalue weighted by molar-refractivity contribution is -0.124. The maximum atomic E-state index is 11.0. The molecule has 6 heteroatoms. The quantitative estimate of drug-likeness (QED) is 0.501. The van der Waals surface area contributed by atoms with E-state index in [2.05, 4.69) is 0 Å². The highest BCUT2D eigenvalue weighted by Crippen LogP contribution is 2.31. The van der Waals surface area contributed by atoms with Crippen LogP contribution in [-0.4, -0.2) is 11.1 Å². The number of para-hydroxylation sites is 1. The summed E-state index contributed by atoms with van der Waals surface area (Å²) >= 11 is 11.8. The first-order chi connectivity index (χ1) is 10.1. The number of carbonyl (C=O) groups excluding carboxylic acids is 1. The number of halogens is 2. The topological polar surface area (TPSA) is 58.6 Å². The average molecular weight is 324 g/mol. The van der Waals surface area contributed by atoms with E-state index >= 15 is 0 Å². The molecule has 0 radical (unpaired) electrons. The first-order valence-electron chi connectivity index (χ1n) is 5.94. The van der Waals surface area contributed by atoms with Crippen LogP contribution in [0.5, 0.6) is 11.5 Å². The highest BCUT2D eigenvalue weighted by Gasteiger charge is 2.05. The van der Waals surface area contributed by atoms with E-state index in [1.54, 1.807) is 42.5 Å². The van der Waals surface area contributed by atoms with E-state index < -0.39 is 5.91 Å². The Balaban J connectivity index is 2.25. The maximum Gasteiger partial charge on any atom is 0.267 e. The summed E-state index contributed by atoms with van der Waals surface area (Å²) in [5.41, 5.74) is 2.19. The second kappa shape index (κ2) is 7.13. The third-order valence-corrected chi connectivity index (χ3v) is 3.30. The van der Waals surface area contributed by atoms with Crippen molar-refractivity contribution >= 4 is 35.2 Å². The first kappa shape index (κ1) is 15.4. The van der Waals surface area contributed by atoms with Crippen molar-refractivity contribution in [3.63, 3.8) is 0 Å². The zero-order chi connectivity index (χ0) is 15.2. The zero-order valence-corrected chi connectivity index (χ0v) is 12.2. The van der Waals surface area contributed by atoms with Gasteiger partial charge in [-0.05, 0) is 24.3 Å². The minimum Gasteiger partial charge on any atom is -0.457 e. The molecule has 4 nitrogen and oxygen atoms in total. The number of hydroxylamine groups is 1. The smallest absolute Gasteiger partial charge is 0.267 e. The van der Waals surface area contributed by atoms with E-state index in [0.717, 1.165) is 0 Å². The van der Waals surface area contributed by atoms with Gasteiger partial charge in [0.2, 0.25) is 0 Å². The van der Waals surface area contributed by atoms with Gasteiger partial charge >= 0.3 is 0 Å². The Morgan fingerprint density at radius 2 is 1.90 bits per heavy atom. The van der Waals surface area contributed by atoms with E-state index in [0.29, 0.717) is 27.1 Å². The molecule has 0 aliphatic carbocycles. The number of nitrogens with one attached hydrogen (secondary N) is 1. The van der Waals surface area contributed by atoms with Gasteiger partial charge in [-0.1, -0.05) is 41.4 Å². The second-order valence-electron chi connectivity index (χ2n) is 4.03. The Bertz CT molecular complexity index is 686. The SMILES string of the molecule is O=C(C=Cc1ccccc1Oc1ccc(Cl)c(Cl)c1)NO. The van der Waals surface area contributed by atoms with Crippen LogP contribution >= 0.6 is 23.2 Å². The van der Waals surface area contributed by atoms with Crippen LogP contribution in [0.1, 0.15) is 5.56 Å². The normalized spacial score (nSPS) is 10.6. The molecule has 0 unspecified atom stereocenters. The molecule has 2 N–H and O–H groups in total. The van der Waals surface area contributed by atoms with Gasteiger partial charge in [0, 0.05) is 17.7 Å². The molecular formula is C15H11Cl2NO3. The molecule has 0 aromatic heterocycles. The predicted octanol–water partition coefficient (Wildman–Crippen LogP) is 4.30. The highest BCUT2D eigenvalue weighted by molar-refractivity contribution is 6.42. The highest BCUT2D eigenvalue weighted by atomic mass is 35.5. The molecule has 2 aromatic rings. The molecule has 2 aromatic carbocycles. The van der Waals surface area contributed by atoms with Crippen LogP contribution in [0.3, 0.4) is 0 Å². The largest absolute Gasteiger partial charge is 0.457 e. The van der Waals surface area contributed by atoms with Crippen LogP contribution in [0.25, 0.3) is 6.08 Å². The molecule has 0 saturated heterocycles. The molecule has 108 valence electrons. The van der Waals surface area contributed by atoms with Crippen LogP contribution in [0.4, 0.5) is 0 Å². The lowest BCUT2D eigenvalue weighted by Crippen LogP contribution is -2.14. The minimum atomic E-state index is -0.626. The molecule has 0 heterocycles. The Morgan fingerprint density at radius 1 is 1.14 bits per heavy atom. The monoisotopic (exact) mass is 323 g/mol. The lowest BCUT2D eigenvalue weighted by atomic mass is 10.2. The van der Waals surface area contributed by atoms with Gasteiger partial charge in [-0.2, -0.15) is 0 Å². The molecule has 21 heavy (non-hydrogen) atoms. The molecular weight excluding hydrogens is 313 g/mol. The summed E-state index contributed by atoms with van der Waals surface area (Å²) < 4.78 is 5.72. The molecule has 0 spiro atoms. The Labute approximate surface area is 131 Å². The molecule has 2 rings (SSSR count). The molecule has 0 saturated carbocycles. The number of ether oxygens (including phenoxy) is 1. The number of hydrogen-bond acceptors (Lipinski definition) is 3. The standard InChI is InChI=1S/C15H11Cl2NO3/c16-12-7-6-11(9-13(12)17)21-14-4-2-1-3-10(14)5-8-15(19)18-20/h1-9,20H,(H,18,19). The summed E-state index contributed by atoms with van der Waals surface area (Å²) in [5, 5.41) is 9.30. The van der Waals surface area contributed by atoms with Gasteiger partial charge in [-0.15, -0.1) is 0 Å². The Kier molecular flexibility index (Phi) is 5.22. The van der Waals surface area contributed by atoms with Gasteiger partial charge in [0.05, 0.1) is 10.0 Å². The second-order valence-corrected chi connectivity index (χ2v) is 4.84. The minimum absolute atomic E-state index is 0.391. The van der Waals surface area contributed by atoms with Gasteiger partial charge in [0.25, 0.3) is 5.91 Å². The summed E-state index contributed by atoms with van der Waals surface area (Å²) in [6, 6.07) is 12.1. The fourth-order valence-electron chi connectivity index (χ4n) is 1.58. The van der Waals surface area contributed by atoms with E-state index in [9.17, 15) is 4.79 Å². The number of hydrogen-bond donors (Lipinski definition) is 2. The van der Waals surface area contributed by atoms with Gasteiger partial charge in [-0.25, -0.2) is 5.48 Å². The zero-order valence-electron chi connectivity index (χ0n) is 10.7. The molecule has 0 fully saturated rings. The summed E-state index contributed by atoms with van der Waals surface area (Å²) in [6.45, 7) is 0. The van der Waals surface area contributed by atoms with Gasteiger partial charge < -0.3 is 4.74 Å². The van der Waals surface area contributed by atoms with Crippen LogP contribution in [0.15, 0.2) is 48.5 Å². The van der Waals surface area contributed by atoms with Gasteiger partial charge in [0.1, 0.15) is 11.5 Å². The lowest BCUT2D eigenvalue weighted by Gasteiger charge is -2.09. The van der Waals surface area contributed by atoms with E-state index in [1.807, 2.05) is 0 Å². The fourth-order valence-corrected chi connectivity index (χ4v) is 1.87. The van der Waals surface area contributed by atoms with Crippen molar-refractivity contribution in [1.82, 2.24) is 5.48 Å². The number of benzene rings is 2. The molecule has 0 atom stereocenters. The Morgan fingerprint density at radius 3 is 2.62 bits per heavy atom.